The fraction of sp³-hybridized carbons (Fsp3) is 0.429. The van der Waals surface area contributed by atoms with E-state index in [-0.39, 0.29) is 10.7 Å². The average Bonchev–Trinajstić information content (AvgIpc) is 3.12. The number of hydrogen-bond donors (Lipinski definition) is 1. The second kappa shape index (κ2) is 8.01. The van der Waals surface area contributed by atoms with Gasteiger partial charge in [-0.2, -0.15) is 9.29 Å². The van der Waals surface area contributed by atoms with Gasteiger partial charge in [-0.15, -0.1) is 5.10 Å². The van der Waals surface area contributed by atoms with Gasteiger partial charge in [0.25, 0.3) is 11.7 Å². The Kier molecular flexibility index (Phi) is 5.52. The lowest BCUT2D eigenvalue weighted by molar-refractivity contribution is 0.101. The summed E-state index contributed by atoms with van der Waals surface area (Å²) in [5, 5.41) is 6.92. The van der Waals surface area contributed by atoms with E-state index in [1.54, 1.807) is 16.4 Å². The number of anilines is 1. The average molecular weight is 443 g/mol. The summed E-state index contributed by atoms with van der Waals surface area (Å²) in [5.41, 5.74) is 2.08. The molecule has 1 fully saturated rings. The van der Waals surface area contributed by atoms with Gasteiger partial charge in [0, 0.05) is 30.2 Å². The second-order valence-corrected chi connectivity index (χ2v) is 10.4. The largest absolute Gasteiger partial charge is 0.319 e. The van der Waals surface area contributed by atoms with Gasteiger partial charge >= 0.3 is 0 Å². The first-order chi connectivity index (χ1) is 14.6. The summed E-state index contributed by atoms with van der Waals surface area (Å²) in [6.45, 7) is 8.91. The van der Waals surface area contributed by atoms with E-state index in [9.17, 15) is 13.2 Å². The highest BCUT2D eigenvalue weighted by Crippen LogP contribution is 2.27. The molecule has 1 saturated heterocycles. The number of rotatable bonds is 4. The molecule has 2 aromatic heterocycles. The van der Waals surface area contributed by atoms with Crippen LogP contribution in [0.4, 0.5) is 5.69 Å². The van der Waals surface area contributed by atoms with Crippen LogP contribution in [0.25, 0.3) is 5.78 Å². The zero-order valence-corrected chi connectivity index (χ0v) is 18.8. The predicted molar refractivity (Wildman–Crippen MR) is 116 cm³/mol. The zero-order valence-electron chi connectivity index (χ0n) is 18.0. The van der Waals surface area contributed by atoms with Crippen molar-refractivity contribution in [3.8, 4) is 0 Å². The first-order valence-electron chi connectivity index (χ1n) is 10.3. The van der Waals surface area contributed by atoms with Gasteiger partial charge in [-0.25, -0.2) is 17.9 Å². The van der Waals surface area contributed by atoms with Crippen molar-refractivity contribution in [2.24, 2.45) is 11.8 Å². The monoisotopic (exact) mass is 442 g/mol. The number of aromatic nitrogens is 4. The van der Waals surface area contributed by atoms with Crippen LogP contribution in [-0.2, 0) is 10.0 Å². The maximum Gasteiger partial charge on any atom is 0.295 e. The molecule has 1 amide bonds. The van der Waals surface area contributed by atoms with Gasteiger partial charge in [-0.1, -0.05) is 13.8 Å². The SMILES string of the molecule is Cc1cc(C)n2nc(C(=O)Nc3ccc(S(=O)(=O)N4C[C@H](C)C[C@@H](C)C4)cc3)nc2n1. The van der Waals surface area contributed by atoms with Crippen LogP contribution in [0.2, 0.25) is 0 Å². The number of amides is 1. The summed E-state index contributed by atoms with van der Waals surface area (Å²) in [7, 11) is -3.57. The van der Waals surface area contributed by atoms with Crippen molar-refractivity contribution >= 4 is 27.4 Å². The van der Waals surface area contributed by atoms with E-state index >= 15 is 0 Å². The van der Waals surface area contributed by atoms with Crippen LogP contribution >= 0.6 is 0 Å². The molecule has 1 aromatic carbocycles. The van der Waals surface area contributed by atoms with Gasteiger partial charge in [-0.3, -0.25) is 4.79 Å². The first-order valence-corrected chi connectivity index (χ1v) is 11.7. The summed E-state index contributed by atoms with van der Waals surface area (Å²) in [6, 6.07) is 8.03. The minimum Gasteiger partial charge on any atom is -0.319 e. The molecule has 0 spiro atoms. The van der Waals surface area contributed by atoms with Crippen molar-refractivity contribution < 1.29 is 13.2 Å². The van der Waals surface area contributed by atoms with Crippen molar-refractivity contribution in [2.45, 2.75) is 39.0 Å². The quantitative estimate of drug-likeness (QED) is 0.665. The fourth-order valence-corrected chi connectivity index (χ4v) is 5.79. The number of nitrogens with zero attached hydrogens (tertiary/aromatic N) is 5. The number of benzene rings is 1. The van der Waals surface area contributed by atoms with Gasteiger partial charge < -0.3 is 5.32 Å². The highest BCUT2D eigenvalue weighted by atomic mass is 32.2. The number of fused-ring (bicyclic) bond motifs is 1. The van der Waals surface area contributed by atoms with Crippen molar-refractivity contribution in [1.29, 1.82) is 0 Å². The van der Waals surface area contributed by atoms with Crippen LogP contribution in [0.3, 0.4) is 0 Å². The fourth-order valence-electron chi connectivity index (χ4n) is 4.11. The van der Waals surface area contributed by atoms with Gasteiger partial charge in [-0.05, 0) is 62.4 Å². The third kappa shape index (κ3) is 4.31. The van der Waals surface area contributed by atoms with Gasteiger partial charge in [0.2, 0.25) is 15.8 Å². The molecular formula is C21H26N6O3S. The van der Waals surface area contributed by atoms with Crippen molar-refractivity contribution in [2.75, 3.05) is 18.4 Å². The molecule has 0 aliphatic carbocycles. The minimum absolute atomic E-state index is 0.00538. The molecule has 1 aliphatic heterocycles. The molecule has 4 rings (SSSR count). The van der Waals surface area contributed by atoms with Crippen LogP contribution in [0.5, 0.6) is 0 Å². The van der Waals surface area contributed by atoms with Gasteiger partial charge in [0.15, 0.2) is 0 Å². The number of nitrogens with one attached hydrogen (secondary N) is 1. The van der Waals surface area contributed by atoms with Crippen molar-refractivity contribution in [3.05, 3.63) is 47.5 Å². The van der Waals surface area contributed by atoms with E-state index in [4.69, 9.17) is 0 Å². The summed E-state index contributed by atoms with van der Waals surface area (Å²) in [4.78, 5) is 21.3. The Morgan fingerprint density at radius 2 is 1.71 bits per heavy atom. The maximum atomic E-state index is 13.0. The molecule has 31 heavy (non-hydrogen) atoms. The Balaban J connectivity index is 1.51. The molecule has 1 aliphatic rings. The first kappa shape index (κ1) is 21.4. The molecule has 9 nitrogen and oxygen atoms in total. The predicted octanol–water partition coefficient (Wildman–Crippen LogP) is 2.66. The molecule has 0 bridgehead atoms. The van der Waals surface area contributed by atoms with Crippen LogP contribution in [0, 0.1) is 25.7 Å². The maximum absolute atomic E-state index is 13.0. The molecule has 10 heteroatoms. The van der Waals surface area contributed by atoms with E-state index in [2.05, 4.69) is 34.2 Å². The van der Waals surface area contributed by atoms with Gasteiger partial charge in [0.05, 0.1) is 4.90 Å². The number of carbonyl (C=O) groups excluding carboxylic acids is 1. The Morgan fingerprint density at radius 3 is 2.35 bits per heavy atom. The Labute approximate surface area is 181 Å². The van der Waals surface area contributed by atoms with E-state index in [1.807, 2.05) is 19.9 Å². The lowest BCUT2D eigenvalue weighted by Gasteiger charge is -2.34. The highest BCUT2D eigenvalue weighted by molar-refractivity contribution is 7.89. The van der Waals surface area contributed by atoms with E-state index in [1.165, 1.54) is 16.6 Å². The standard InChI is InChI=1S/C21H26N6O3S/c1-13-9-14(2)12-26(11-13)31(29,30)18-7-5-17(6-8-18)23-20(28)19-24-21-22-15(3)10-16(4)27(21)25-19/h5-8,10,13-14H,9,11-12H2,1-4H3,(H,23,28)/t13-,14-/m1/s1. The molecule has 0 radical (unpaired) electrons. The van der Waals surface area contributed by atoms with E-state index < -0.39 is 15.9 Å². The second-order valence-electron chi connectivity index (χ2n) is 8.43. The topological polar surface area (TPSA) is 110 Å². The minimum atomic E-state index is -3.57. The van der Waals surface area contributed by atoms with E-state index in [0.717, 1.165) is 17.8 Å². The number of hydrogen-bond acceptors (Lipinski definition) is 6. The van der Waals surface area contributed by atoms with Crippen molar-refractivity contribution in [3.63, 3.8) is 0 Å². The van der Waals surface area contributed by atoms with Crippen LogP contribution < -0.4 is 5.32 Å². The van der Waals surface area contributed by atoms with Crippen LogP contribution in [-0.4, -0.2) is 51.3 Å². The number of carbonyl (C=O) groups is 1. The van der Waals surface area contributed by atoms with Crippen molar-refractivity contribution in [1.82, 2.24) is 23.9 Å². The highest BCUT2D eigenvalue weighted by Gasteiger charge is 2.31. The lowest BCUT2D eigenvalue weighted by atomic mass is 9.94. The molecule has 2 atom stereocenters. The normalized spacial score (nSPS) is 20.1. The van der Waals surface area contributed by atoms with E-state index in [0.29, 0.717) is 36.4 Å². The molecule has 0 saturated carbocycles. The Morgan fingerprint density at radius 1 is 1.06 bits per heavy atom. The Bertz CT molecular complexity index is 1230. The smallest absolute Gasteiger partial charge is 0.295 e. The molecule has 164 valence electrons. The Hall–Kier alpha value is -2.85. The van der Waals surface area contributed by atoms with Crippen LogP contribution in [0.15, 0.2) is 35.2 Å². The third-order valence-electron chi connectivity index (χ3n) is 5.41. The molecule has 1 N–H and O–H groups in total. The summed E-state index contributed by atoms with van der Waals surface area (Å²) < 4.78 is 29.1. The molecule has 0 unspecified atom stereocenters. The van der Waals surface area contributed by atoms with Crippen LogP contribution in [0.1, 0.15) is 42.3 Å². The lowest BCUT2D eigenvalue weighted by Crippen LogP contribution is -2.42. The number of aryl methyl sites for hydroxylation is 2. The third-order valence-corrected chi connectivity index (χ3v) is 7.25. The summed E-state index contributed by atoms with van der Waals surface area (Å²) >= 11 is 0. The molecular weight excluding hydrogens is 416 g/mol. The summed E-state index contributed by atoms with van der Waals surface area (Å²) in [6.07, 6.45) is 1.03. The molecule has 3 heterocycles. The van der Waals surface area contributed by atoms with Gasteiger partial charge in [0.1, 0.15) is 0 Å². The summed E-state index contributed by atoms with van der Waals surface area (Å²) in [5.74, 6) is 0.522. The molecule has 3 aromatic rings. The number of sulfonamides is 1. The zero-order chi connectivity index (χ0) is 22.3. The number of piperidine rings is 1.